The molecule has 0 bridgehead atoms. The second kappa shape index (κ2) is 7.97. The molecule has 0 saturated heterocycles. The predicted octanol–water partition coefficient (Wildman–Crippen LogP) is 5.19. The quantitative estimate of drug-likeness (QED) is 0.351. The van der Waals surface area contributed by atoms with Crippen molar-refractivity contribution < 1.29 is 9.90 Å². The van der Waals surface area contributed by atoms with Crippen LogP contribution >= 0.6 is 23.1 Å². The van der Waals surface area contributed by atoms with Crippen LogP contribution in [0.5, 0.6) is 0 Å². The summed E-state index contributed by atoms with van der Waals surface area (Å²) in [5.41, 5.74) is 3.64. The highest BCUT2D eigenvalue weighted by Gasteiger charge is 2.15. The third-order valence-corrected chi connectivity index (χ3v) is 5.89. The zero-order valence-corrected chi connectivity index (χ0v) is 15.9. The summed E-state index contributed by atoms with van der Waals surface area (Å²) in [5, 5.41) is 13.0. The Balaban J connectivity index is 1.95. The number of nitrogens with zero attached hydrogens (tertiary/aromatic N) is 2. The number of rotatable bonds is 7. The molecule has 0 fully saturated rings. The summed E-state index contributed by atoms with van der Waals surface area (Å²) in [7, 11) is 0. The van der Waals surface area contributed by atoms with Gasteiger partial charge < -0.3 is 5.11 Å². The van der Waals surface area contributed by atoms with Crippen molar-refractivity contribution in [1.82, 2.24) is 9.97 Å². The molecule has 3 rings (SSSR count). The van der Waals surface area contributed by atoms with Gasteiger partial charge in [-0.3, -0.25) is 4.79 Å². The maximum Gasteiger partial charge on any atom is 0.303 e. The van der Waals surface area contributed by atoms with Crippen molar-refractivity contribution >= 4 is 39.3 Å². The van der Waals surface area contributed by atoms with Crippen molar-refractivity contribution in [2.75, 3.05) is 5.75 Å². The van der Waals surface area contributed by atoms with E-state index in [0.717, 1.165) is 38.8 Å². The standard InChI is InChI=1S/C19H20N2O2S2/c1-3-13-6-8-14(9-7-13)15-11-25-19-17(15)18(20-12(2)21-19)24-10-4-5-16(22)23/h6-9,11H,3-5,10H2,1-2H3,(H,22,23). The fourth-order valence-electron chi connectivity index (χ4n) is 2.64. The monoisotopic (exact) mass is 372 g/mol. The summed E-state index contributed by atoms with van der Waals surface area (Å²) in [6, 6.07) is 8.62. The first-order valence-electron chi connectivity index (χ1n) is 8.28. The number of aromatic nitrogens is 2. The molecule has 0 aliphatic carbocycles. The van der Waals surface area contributed by atoms with Crippen molar-refractivity contribution in [1.29, 1.82) is 0 Å². The lowest BCUT2D eigenvalue weighted by Gasteiger charge is -2.07. The van der Waals surface area contributed by atoms with Gasteiger partial charge in [-0.25, -0.2) is 9.97 Å². The molecule has 130 valence electrons. The summed E-state index contributed by atoms with van der Waals surface area (Å²) in [4.78, 5) is 20.9. The normalized spacial score (nSPS) is 11.1. The van der Waals surface area contributed by atoms with Crippen LogP contribution in [0.4, 0.5) is 0 Å². The van der Waals surface area contributed by atoms with Crippen molar-refractivity contribution in [3.05, 3.63) is 41.0 Å². The van der Waals surface area contributed by atoms with Crippen LogP contribution in [-0.4, -0.2) is 26.8 Å². The summed E-state index contributed by atoms with van der Waals surface area (Å²) in [5.74, 6) is 0.738. The number of benzene rings is 1. The lowest BCUT2D eigenvalue weighted by Crippen LogP contribution is -1.96. The molecule has 0 atom stereocenters. The molecular weight excluding hydrogens is 352 g/mol. The molecule has 1 aromatic carbocycles. The van der Waals surface area contributed by atoms with E-state index in [9.17, 15) is 4.79 Å². The van der Waals surface area contributed by atoms with E-state index in [4.69, 9.17) is 5.11 Å². The van der Waals surface area contributed by atoms with Crippen LogP contribution < -0.4 is 0 Å². The van der Waals surface area contributed by atoms with Gasteiger partial charge >= 0.3 is 5.97 Å². The van der Waals surface area contributed by atoms with Crippen molar-refractivity contribution in [2.24, 2.45) is 0 Å². The van der Waals surface area contributed by atoms with E-state index in [0.29, 0.717) is 6.42 Å². The average molecular weight is 373 g/mol. The molecule has 3 aromatic rings. The van der Waals surface area contributed by atoms with Crippen LogP contribution in [0.3, 0.4) is 0 Å². The number of aliphatic carboxylic acids is 1. The maximum absolute atomic E-state index is 10.7. The zero-order chi connectivity index (χ0) is 17.8. The lowest BCUT2D eigenvalue weighted by atomic mass is 10.0. The highest BCUT2D eigenvalue weighted by molar-refractivity contribution is 7.99. The Morgan fingerprint density at radius 1 is 1.24 bits per heavy atom. The van der Waals surface area contributed by atoms with Gasteiger partial charge in [0.25, 0.3) is 0 Å². The number of carbonyl (C=O) groups is 1. The molecule has 1 N–H and O–H groups in total. The maximum atomic E-state index is 10.7. The summed E-state index contributed by atoms with van der Waals surface area (Å²) in [6.45, 7) is 4.05. The number of fused-ring (bicyclic) bond motifs is 1. The third kappa shape index (κ3) is 4.19. The zero-order valence-electron chi connectivity index (χ0n) is 14.3. The van der Waals surface area contributed by atoms with Gasteiger partial charge in [0, 0.05) is 23.1 Å². The first kappa shape index (κ1) is 17.9. The molecule has 25 heavy (non-hydrogen) atoms. The van der Waals surface area contributed by atoms with Crippen molar-refractivity contribution in [2.45, 2.75) is 38.1 Å². The largest absolute Gasteiger partial charge is 0.481 e. The van der Waals surface area contributed by atoms with Crippen LogP contribution in [0.2, 0.25) is 0 Å². The molecule has 0 amide bonds. The number of carboxylic acid groups (broad SMARTS) is 1. The molecule has 0 saturated carbocycles. The van der Waals surface area contributed by atoms with E-state index < -0.39 is 5.97 Å². The Bertz CT molecular complexity index is 888. The van der Waals surface area contributed by atoms with Gasteiger partial charge in [0.05, 0.1) is 5.39 Å². The van der Waals surface area contributed by atoms with Gasteiger partial charge in [-0.1, -0.05) is 31.2 Å². The van der Waals surface area contributed by atoms with E-state index in [1.54, 1.807) is 23.1 Å². The lowest BCUT2D eigenvalue weighted by molar-refractivity contribution is -0.137. The number of thioether (sulfide) groups is 1. The molecule has 4 nitrogen and oxygen atoms in total. The SMILES string of the molecule is CCc1ccc(-c2csc3nc(C)nc(SCCCC(=O)O)c23)cc1. The Morgan fingerprint density at radius 2 is 2.00 bits per heavy atom. The topological polar surface area (TPSA) is 63.1 Å². The second-order valence-corrected chi connectivity index (χ2v) is 7.74. The van der Waals surface area contributed by atoms with Gasteiger partial charge in [0.15, 0.2) is 0 Å². The van der Waals surface area contributed by atoms with Crippen LogP contribution in [0.15, 0.2) is 34.7 Å². The number of aryl methyl sites for hydroxylation is 2. The number of hydrogen-bond acceptors (Lipinski definition) is 5. The van der Waals surface area contributed by atoms with Crippen LogP contribution in [0.25, 0.3) is 21.3 Å². The van der Waals surface area contributed by atoms with E-state index in [1.165, 1.54) is 11.1 Å². The summed E-state index contributed by atoms with van der Waals surface area (Å²) in [6.07, 6.45) is 1.85. The fourth-order valence-corrected chi connectivity index (χ4v) is 4.73. The van der Waals surface area contributed by atoms with E-state index >= 15 is 0 Å². The first-order valence-corrected chi connectivity index (χ1v) is 10.1. The van der Waals surface area contributed by atoms with E-state index in [2.05, 4.69) is 46.5 Å². The van der Waals surface area contributed by atoms with Crippen molar-refractivity contribution in [3.63, 3.8) is 0 Å². The molecule has 0 spiro atoms. The van der Waals surface area contributed by atoms with Gasteiger partial charge in [0.1, 0.15) is 15.7 Å². The Morgan fingerprint density at radius 3 is 2.68 bits per heavy atom. The molecule has 2 heterocycles. The third-order valence-electron chi connectivity index (χ3n) is 3.96. The predicted molar refractivity (Wildman–Crippen MR) is 105 cm³/mol. The molecule has 2 aromatic heterocycles. The van der Waals surface area contributed by atoms with Crippen LogP contribution in [0.1, 0.15) is 31.2 Å². The molecule has 0 aliphatic rings. The highest BCUT2D eigenvalue weighted by Crippen LogP contribution is 2.38. The number of carboxylic acids is 1. The number of hydrogen-bond donors (Lipinski definition) is 1. The van der Waals surface area contributed by atoms with E-state index in [-0.39, 0.29) is 6.42 Å². The van der Waals surface area contributed by atoms with Crippen LogP contribution in [0, 0.1) is 6.92 Å². The Hall–Kier alpha value is -1.92. The van der Waals surface area contributed by atoms with Gasteiger partial charge in [0.2, 0.25) is 0 Å². The van der Waals surface area contributed by atoms with E-state index in [1.807, 2.05) is 6.92 Å². The Kier molecular flexibility index (Phi) is 5.71. The Labute approximate surface area is 155 Å². The van der Waals surface area contributed by atoms with Gasteiger partial charge in [-0.05, 0) is 30.9 Å². The van der Waals surface area contributed by atoms with Gasteiger partial charge in [-0.15, -0.1) is 23.1 Å². The second-order valence-electron chi connectivity index (χ2n) is 5.80. The summed E-state index contributed by atoms with van der Waals surface area (Å²) >= 11 is 3.25. The van der Waals surface area contributed by atoms with Crippen LogP contribution in [-0.2, 0) is 11.2 Å². The fraction of sp³-hybridized carbons (Fsp3) is 0.316. The van der Waals surface area contributed by atoms with Gasteiger partial charge in [-0.2, -0.15) is 0 Å². The molecular formula is C19H20N2O2S2. The smallest absolute Gasteiger partial charge is 0.303 e. The minimum Gasteiger partial charge on any atom is -0.481 e. The highest BCUT2D eigenvalue weighted by atomic mass is 32.2. The average Bonchev–Trinajstić information content (AvgIpc) is 3.02. The minimum atomic E-state index is -0.753. The van der Waals surface area contributed by atoms with Crippen molar-refractivity contribution in [3.8, 4) is 11.1 Å². The first-order chi connectivity index (χ1) is 12.1. The molecule has 0 unspecified atom stereocenters. The number of thiophene rings is 1. The molecule has 0 radical (unpaired) electrons. The minimum absolute atomic E-state index is 0.190. The summed E-state index contributed by atoms with van der Waals surface area (Å²) < 4.78 is 0. The molecule has 0 aliphatic heterocycles. The molecule has 6 heteroatoms.